The molecule has 0 aliphatic heterocycles. The minimum Gasteiger partial charge on any atom is -0.464 e. The van der Waals surface area contributed by atoms with Crippen LogP contribution in [0.2, 0.25) is 0 Å². The quantitative estimate of drug-likeness (QED) is 0.219. The molecular weight excluding hydrogens is 480 g/mol. The first kappa shape index (κ1) is 23.1. The number of aromatic nitrogens is 2. The monoisotopic (exact) mass is 500 g/mol. The van der Waals surface area contributed by atoms with Crippen molar-refractivity contribution in [3.63, 3.8) is 0 Å². The second-order valence-electron chi connectivity index (χ2n) is 6.91. The number of rotatable bonds is 9. The normalized spacial score (nSPS) is 12.7. The van der Waals surface area contributed by atoms with Crippen LogP contribution in [0.3, 0.4) is 0 Å². The third-order valence-corrected chi connectivity index (χ3v) is 6.83. The van der Waals surface area contributed by atoms with Crippen LogP contribution in [0.1, 0.15) is 27.8 Å². The van der Waals surface area contributed by atoms with Gasteiger partial charge in [-0.05, 0) is 24.1 Å². The number of nitrogens with one attached hydrogen (secondary N) is 2. The van der Waals surface area contributed by atoms with E-state index in [-0.39, 0.29) is 11.7 Å². The highest BCUT2D eigenvalue weighted by Crippen LogP contribution is 2.32. The molecule has 2 heterocycles. The van der Waals surface area contributed by atoms with Crippen molar-refractivity contribution in [2.45, 2.75) is 12.5 Å². The summed E-state index contributed by atoms with van der Waals surface area (Å²) in [6.07, 6.45) is 0.568. The van der Waals surface area contributed by atoms with Gasteiger partial charge in [0.05, 0.1) is 24.4 Å². The van der Waals surface area contributed by atoms with Gasteiger partial charge in [-0.3, -0.25) is 9.27 Å². The van der Waals surface area contributed by atoms with Crippen LogP contribution >= 0.6 is 22.7 Å². The fraction of sp³-hybridized carbons (Fsp3) is 0.136. The first-order valence-corrected chi connectivity index (χ1v) is 12.7. The molecular formula is C22H20N4O4S3. The van der Waals surface area contributed by atoms with Crippen LogP contribution in [0.15, 0.2) is 65.5 Å². The number of hydrogen-bond donors (Lipinski definition) is 3. The smallest absolute Gasteiger partial charge is 0.359 e. The molecule has 0 radical (unpaired) electrons. The highest BCUT2D eigenvalue weighted by molar-refractivity contribution is 7.80. The summed E-state index contributed by atoms with van der Waals surface area (Å²) in [5, 5.41) is 6.93. The van der Waals surface area contributed by atoms with Crippen LogP contribution < -0.4 is 10.0 Å². The molecule has 4 aromatic rings. The molecule has 0 spiro atoms. The lowest BCUT2D eigenvalue weighted by molar-refractivity contribution is 0.0596. The first-order chi connectivity index (χ1) is 16.0. The van der Waals surface area contributed by atoms with Gasteiger partial charge >= 0.3 is 5.97 Å². The maximum absolute atomic E-state index is 12.1. The van der Waals surface area contributed by atoms with E-state index in [4.69, 9.17) is 14.3 Å². The van der Waals surface area contributed by atoms with Gasteiger partial charge < -0.3 is 10.1 Å². The van der Waals surface area contributed by atoms with Gasteiger partial charge in [-0.25, -0.2) is 19.0 Å². The number of nitrogens with zero attached hydrogens (tertiary/aromatic N) is 2. The van der Waals surface area contributed by atoms with Crippen LogP contribution in [-0.4, -0.2) is 31.8 Å². The minimum absolute atomic E-state index is 0.232. The van der Waals surface area contributed by atoms with Crippen molar-refractivity contribution in [1.82, 2.24) is 9.97 Å². The molecule has 33 heavy (non-hydrogen) atoms. The summed E-state index contributed by atoms with van der Waals surface area (Å²) in [6, 6.07) is 16.9. The highest BCUT2D eigenvalue weighted by atomic mass is 32.2. The predicted octanol–water partition coefficient (Wildman–Crippen LogP) is 5.00. The van der Waals surface area contributed by atoms with Crippen LogP contribution in [-0.2, 0) is 22.4 Å². The Bertz CT molecular complexity index is 1240. The summed E-state index contributed by atoms with van der Waals surface area (Å²) >= 11 is 0.743. The van der Waals surface area contributed by atoms with Gasteiger partial charge in [-0.15, -0.1) is 22.7 Å². The molecule has 2 aromatic heterocycles. The van der Waals surface area contributed by atoms with Crippen LogP contribution in [0.25, 0.3) is 10.6 Å². The van der Waals surface area contributed by atoms with E-state index in [9.17, 15) is 9.00 Å². The van der Waals surface area contributed by atoms with E-state index in [0.717, 1.165) is 21.8 Å². The average molecular weight is 501 g/mol. The predicted molar refractivity (Wildman–Crippen MR) is 132 cm³/mol. The Morgan fingerprint density at radius 2 is 1.91 bits per heavy atom. The average Bonchev–Trinajstić information content (AvgIpc) is 3.50. The Kier molecular flexibility index (Phi) is 7.45. The summed E-state index contributed by atoms with van der Waals surface area (Å²) in [5.41, 5.74) is 5.22. The van der Waals surface area contributed by atoms with E-state index in [1.807, 2.05) is 47.8 Å². The number of hydrogen-bond acceptors (Lipinski definition) is 8. The maximum Gasteiger partial charge on any atom is 0.359 e. The van der Waals surface area contributed by atoms with Crippen molar-refractivity contribution in [2.24, 2.45) is 0 Å². The van der Waals surface area contributed by atoms with Gasteiger partial charge in [0.2, 0.25) is 0 Å². The van der Waals surface area contributed by atoms with Crippen LogP contribution in [0, 0.1) is 0 Å². The second-order valence-corrected chi connectivity index (χ2v) is 9.33. The number of thiazole rings is 2. The largest absolute Gasteiger partial charge is 0.464 e. The molecule has 0 bridgehead atoms. The molecule has 170 valence electrons. The molecule has 2 aromatic carbocycles. The summed E-state index contributed by atoms with van der Waals surface area (Å²) in [4.78, 5) is 21.1. The minimum atomic E-state index is -2.13. The van der Waals surface area contributed by atoms with Crippen molar-refractivity contribution >= 4 is 50.6 Å². The molecule has 3 N–H and O–H groups in total. The SMILES string of the molecule is COC(=O)c1ncsc1N[C@@H](Cc1ccc(NS(=O)O)cc1)c1csc(-c2ccccc2)n1. The van der Waals surface area contributed by atoms with Crippen molar-refractivity contribution in [3.05, 3.63) is 82.4 Å². The van der Waals surface area contributed by atoms with Gasteiger partial charge in [-0.1, -0.05) is 42.5 Å². The van der Waals surface area contributed by atoms with Gasteiger partial charge in [-0.2, -0.15) is 0 Å². The van der Waals surface area contributed by atoms with Gasteiger partial charge in [0.15, 0.2) is 5.69 Å². The lowest BCUT2D eigenvalue weighted by Gasteiger charge is -2.18. The first-order valence-electron chi connectivity index (χ1n) is 9.79. The van der Waals surface area contributed by atoms with Crippen LogP contribution in [0.4, 0.5) is 10.7 Å². The molecule has 2 atom stereocenters. The number of benzene rings is 2. The molecule has 0 saturated heterocycles. The van der Waals surface area contributed by atoms with Gasteiger partial charge in [0.1, 0.15) is 10.0 Å². The molecule has 0 fully saturated rings. The lowest BCUT2D eigenvalue weighted by atomic mass is 10.0. The number of ether oxygens (including phenoxy) is 1. The van der Waals surface area contributed by atoms with E-state index < -0.39 is 17.2 Å². The third-order valence-electron chi connectivity index (χ3n) is 4.75. The standard InChI is InChI=1S/C22H20N4O4S3/c1-30-22(27)19-21(32-13-23-19)24-17(11-14-7-9-16(10-8-14)26-33(28)29)18-12-31-20(25-18)15-5-3-2-4-6-15/h2-10,12-13,17,24,26H,11H2,1H3,(H,28,29)/t17-/m0/s1. The molecule has 0 aliphatic carbocycles. The van der Waals surface area contributed by atoms with E-state index in [1.54, 1.807) is 29.0 Å². The number of methoxy groups -OCH3 is 1. The molecule has 1 unspecified atom stereocenters. The number of carbonyl (C=O) groups excluding carboxylic acids is 1. The molecule has 11 heteroatoms. The number of anilines is 2. The Hall–Kier alpha value is -3.12. The van der Waals surface area contributed by atoms with Gasteiger partial charge in [0, 0.05) is 16.6 Å². The zero-order valence-electron chi connectivity index (χ0n) is 17.4. The van der Waals surface area contributed by atoms with Crippen molar-refractivity contribution in [2.75, 3.05) is 17.1 Å². The zero-order chi connectivity index (χ0) is 23.2. The summed E-state index contributed by atoms with van der Waals surface area (Å²) < 4.78 is 27.3. The van der Waals surface area contributed by atoms with Crippen molar-refractivity contribution < 1.29 is 18.3 Å². The lowest BCUT2D eigenvalue weighted by Crippen LogP contribution is -2.16. The molecule has 0 saturated carbocycles. The Labute approximate surface area is 201 Å². The van der Waals surface area contributed by atoms with Gasteiger partial charge in [0.25, 0.3) is 11.3 Å². The van der Waals surface area contributed by atoms with E-state index >= 15 is 0 Å². The number of esters is 1. The third kappa shape index (κ3) is 5.82. The van der Waals surface area contributed by atoms with E-state index in [1.165, 1.54) is 18.4 Å². The Morgan fingerprint density at radius 3 is 2.61 bits per heavy atom. The molecule has 0 aliphatic rings. The van der Waals surface area contributed by atoms with Crippen LogP contribution in [0.5, 0.6) is 0 Å². The zero-order valence-corrected chi connectivity index (χ0v) is 19.9. The Balaban J connectivity index is 1.63. The second kappa shape index (κ2) is 10.7. The topological polar surface area (TPSA) is 113 Å². The van der Waals surface area contributed by atoms with Crippen molar-refractivity contribution in [3.8, 4) is 10.6 Å². The number of carbonyl (C=O) groups is 1. The summed E-state index contributed by atoms with van der Waals surface area (Å²) in [7, 11) is 1.32. The molecule has 8 nitrogen and oxygen atoms in total. The van der Waals surface area contributed by atoms with Crippen molar-refractivity contribution in [1.29, 1.82) is 0 Å². The molecule has 0 amide bonds. The molecule has 4 rings (SSSR count). The Morgan fingerprint density at radius 1 is 1.15 bits per heavy atom. The van der Waals surface area contributed by atoms with E-state index in [2.05, 4.69) is 15.0 Å². The fourth-order valence-corrected chi connectivity index (χ4v) is 5.12. The summed E-state index contributed by atoms with van der Waals surface area (Å²) in [5.74, 6) is -0.506. The van der Waals surface area contributed by atoms with E-state index in [0.29, 0.717) is 17.1 Å². The summed E-state index contributed by atoms with van der Waals surface area (Å²) in [6.45, 7) is 0. The fourth-order valence-electron chi connectivity index (χ4n) is 3.18. The maximum atomic E-state index is 12.1. The highest BCUT2D eigenvalue weighted by Gasteiger charge is 2.22.